The van der Waals surface area contributed by atoms with E-state index in [1.165, 1.54) is 0 Å². The van der Waals surface area contributed by atoms with E-state index in [0.717, 1.165) is 32.0 Å². The number of amides is 2. The van der Waals surface area contributed by atoms with Crippen LogP contribution in [0.3, 0.4) is 0 Å². The monoisotopic (exact) mass is 355 g/mol. The van der Waals surface area contributed by atoms with Crippen LogP contribution in [-0.4, -0.2) is 44.7 Å². The van der Waals surface area contributed by atoms with E-state index >= 15 is 0 Å². The third-order valence-corrected chi connectivity index (χ3v) is 4.04. The fourth-order valence-corrected chi connectivity index (χ4v) is 2.64. The number of primary amides is 1. The van der Waals surface area contributed by atoms with Crippen LogP contribution >= 0.6 is 0 Å². The Hall–Kier alpha value is -3.06. The predicted molar refractivity (Wildman–Crippen MR) is 98.6 cm³/mol. The summed E-state index contributed by atoms with van der Waals surface area (Å²) in [4.78, 5) is 25.3. The summed E-state index contributed by atoms with van der Waals surface area (Å²) in [5.74, 6) is -0.272. The van der Waals surface area contributed by atoms with Crippen molar-refractivity contribution in [3.63, 3.8) is 0 Å². The summed E-state index contributed by atoms with van der Waals surface area (Å²) in [6.45, 7) is 3.08. The summed E-state index contributed by atoms with van der Waals surface area (Å²) < 4.78 is 10.8. The summed E-state index contributed by atoms with van der Waals surface area (Å²) >= 11 is 0. The Balaban J connectivity index is 1.49. The highest BCUT2D eigenvalue weighted by molar-refractivity contribution is 5.93. The van der Waals surface area contributed by atoms with Crippen LogP contribution in [0.1, 0.15) is 10.4 Å². The number of benzene rings is 2. The van der Waals surface area contributed by atoms with Gasteiger partial charge in [-0.1, -0.05) is 0 Å². The number of hydrogen-bond donors (Lipinski definition) is 2. The van der Waals surface area contributed by atoms with Crippen LogP contribution in [0.25, 0.3) is 0 Å². The lowest BCUT2D eigenvalue weighted by atomic mass is 10.2. The quantitative estimate of drug-likeness (QED) is 0.822. The maximum Gasteiger partial charge on any atom is 0.262 e. The Bertz CT molecular complexity index is 753. The van der Waals surface area contributed by atoms with Crippen molar-refractivity contribution in [1.82, 2.24) is 0 Å². The molecular formula is C19H21N3O4. The van der Waals surface area contributed by atoms with E-state index in [1.807, 2.05) is 24.3 Å². The maximum atomic E-state index is 12.0. The van der Waals surface area contributed by atoms with Crippen LogP contribution in [0.15, 0.2) is 48.5 Å². The van der Waals surface area contributed by atoms with Gasteiger partial charge in [0.2, 0.25) is 5.91 Å². The minimum atomic E-state index is -0.505. The molecule has 1 saturated heterocycles. The molecule has 3 N–H and O–H groups in total. The summed E-state index contributed by atoms with van der Waals surface area (Å²) in [7, 11) is 0. The average Bonchev–Trinajstić information content (AvgIpc) is 2.68. The number of anilines is 2. The second kappa shape index (κ2) is 8.35. The minimum absolute atomic E-state index is 0.124. The molecule has 0 atom stereocenters. The fourth-order valence-electron chi connectivity index (χ4n) is 2.64. The smallest absolute Gasteiger partial charge is 0.262 e. The first-order valence-electron chi connectivity index (χ1n) is 8.37. The Kier molecular flexibility index (Phi) is 5.70. The van der Waals surface area contributed by atoms with Crippen molar-refractivity contribution >= 4 is 23.2 Å². The lowest BCUT2D eigenvalue weighted by Crippen LogP contribution is -2.36. The molecule has 2 aromatic rings. The topological polar surface area (TPSA) is 93.9 Å². The van der Waals surface area contributed by atoms with Gasteiger partial charge < -0.3 is 25.4 Å². The number of nitrogens with zero attached hydrogens (tertiary/aromatic N) is 1. The molecule has 1 aliphatic rings. The second-order valence-corrected chi connectivity index (χ2v) is 5.87. The van der Waals surface area contributed by atoms with Gasteiger partial charge in [0.15, 0.2) is 6.61 Å². The SMILES string of the molecule is NC(=O)c1ccc(OCC(=O)Nc2ccc(N3CCOCC3)cc2)cc1. The van der Waals surface area contributed by atoms with Crippen molar-refractivity contribution in [2.24, 2.45) is 5.73 Å². The number of carbonyl (C=O) groups excluding carboxylic acids is 2. The van der Waals surface area contributed by atoms with Gasteiger partial charge in [-0.05, 0) is 48.5 Å². The predicted octanol–water partition coefficient (Wildman–Crippen LogP) is 1.64. The number of nitrogens with one attached hydrogen (secondary N) is 1. The van der Waals surface area contributed by atoms with Crippen LogP contribution < -0.4 is 20.7 Å². The number of carbonyl (C=O) groups is 2. The molecule has 0 aliphatic carbocycles. The van der Waals surface area contributed by atoms with Gasteiger partial charge in [-0.25, -0.2) is 0 Å². The molecule has 1 heterocycles. The van der Waals surface area contributed by atoms with Crippen LogP contribution in [0, 0.1) is 0 Å². The first-order valence-corrected chi connectivity index (χ1v) is 8.37. The molecule has 0 spiro atoms. The van der Waals surface area contributed by atoms with Gasteiger partial charge >= 0.3 is 0 Å². The minimum Gasteiger partial charge on any atom is -0.484 e. The van der Waals surface area contributed by atoms with Gasteiger partial charge in [-0.3, -0.25) is 9.59 Å². The van der Waals surface area contributed by atoms with Gasteiger partial charge in [-0.15, -0.1) is 0 Å². The van der Waals surface area contributed by atoms with Crippen molar-refractivity contribution in [3.8, 4) is 5.75 Å². The van der Waals surface area contributed by atoms with Gasteiger partial charge in [0.25, 0.3) is 5.91 Å². The number of morpholine rings is 1. The Morgan fingerprint density at radius 1 is 1.04 bits per heavy atom. The normalized spacial score (nSPS) is 13.9. The largest absolute Gasteiger partial charge is 0.484 e. The van der Waals surface area contributed by atoms with Crippen LogP contribution in [-0.2, 0) is 9.53 Å². The lowest BCUT2D eigenvalue weighted by Gasteiger charge is -2.28. The van der Waals surface area contributed by atoms with E-state index in [2.05, 4.69) is 10.2 Å². The highest BCUT2D eigenvalue weighted by Crippen LogP contribution is 2.19. The standard InChI is InChI=1S/C19H21N3O4/c20-19(24)14-1-7-17(8-2-14)26-13-18(23)21-15-3-5-16(6-4-15)22-9-11-25-12-10-22/h1-8H,9-13H2,(H2,20,24)(H,21,23). The molecule has 1 fully saturated rings. The molecule has 3 rings (SSSR count). The Morgan fingerprint density at radius 2 is 1.69 bits per heavy atom. The molecule has 0 saturated carbocycles. The summed E-state index contributed by atoms with van der Waals surface area (Å²) in [5.41, 5.74) is 7.38. The molecule has 2 aromatic carbocycles. The molecule has 0 radical (unpaired) electrons. The van der Waals surface area contributed by atoms with E-state index in [0.29, 0.717) is 17.0 Å². The molecule has 26 heavy (non-hydrogen) atoms. The summed E-state index contributed by atoms with van der Waals surface area (Å²) in [5, 5.41) is 2.79. The maximum absolute atomic E-state index is 12.0. The van der Waals surface area contributed by atoms with Crippen LogP contribution in [0.5, 0.6) is 5.75 Å². The van der Waals surface area contributed by atoms with Crippen LogP contribution in [0.4, 0.5) is 11.4 Å². The van der Waals surface area contributed by atoms with Crippen molar-refractivity contribution in [3.05, 3.63) is 54.1 Å². The third kappa shape index (κ3) is 4.73. The molecule has 1 aliphatic heterocycles. The zero-order valence-corrected chi connectivity index (χ0v) is 14.3. The van der Waals surface area contributed by atoms with E-state index in [-0.39, 0.29) is 12.5 Å². The molecule has 7 heteroatoms. The molecular weight excluding hydrogens is 334 g/mol. The van der Waals surface area contributed by atoms with Crippen molar-refractivity contribution in [2.75, 3.05) is 43.1 Å². The van der Waals surface area contributed by atoms with Gasteiger partial charge in [-0.2, -0.15) is 0 Å². The second-order valence-electron chi connectivity index (χ2n) is 5.87. The lowest BCUT2D eigenvalue weighted by molar-refractivity contribution is -0.118. The van der Waals surface area contributed by atoms with Crippen LogP contribution in [0.2, 0.25) is 0 Å². The summed E-state index contributed by atoms with van der Waals surface area (Å²) in [6, 6.07) is 14.0. The van der Waals surface area contributed by atoms with Gasteiger partial charge in [0, 0.05) is 30.0 Å². The first-order chi connectivity index (χ1) is 12.6. The molecule has 2 amide bonds. The molecule has 0 bridgehead atoms. The van der Waals surface area contributed by atoms with E-state index < -0.39 is 5.91 Å². The number of hydrogen-bond acceptors (Lipinski definition) is 5. The van der Waals surface area contributed by atoms with Gasteiger partial charge in [0.05, 0.1) is 13.2 Å². The average molecular weight is 355 g/mol. The molecule has 0 unspecified atom stereocenters. The molecule has 0 aromatic heterocycles. The fraction of sp³-hybridized carbons (Fsp3) is 0.263. The highest BCUT2D eigenvalue weighted by atomic mass is 16.5. The zero-order valence-electron chi connectivity index (χ0n) is 14.3. The molecule has 7 nitrogen and oxygen atoms in total. The van der Waals surface area contributed by atoms with Crippen molar-refractivity contribution < 1.29 is 19.1 Å². The number of ether oxygens (including phenoxy) is 2. The van der Waals surface area contributed by atoms with Crippen molar-refractivity contribution in [2.45, 2.75) is 0 Å². The van der Waals surface area contributed by atoms with Crippen molar-refractivity contribution in [1.29, 1.82) is 0 Å². The number of rotatable bonds is 6. The molecule has 136 valence electrons. The Labute approximate surface area is 151 Å². The summed E-state index contributed by atoms with van der Waals surface area (Å²) in [6.07, 6.45) is 0. The van der Waals surface area contributed by atoms with E-state index in [9.17, 15) is 9.59 Å². The van der Waals surface area contributed by atoms with E-state index in [4.69, 9.17) is 15.2 Å². The third-order valence-electron chi connectivity index (χ3n) is 4.04. The highest BCUT2D eigenvalue weighted by Gasteiger charge is 2.11. The number of nitrogens with two attached hydrogens (primary N) is 1. The first kappa shape index (κ1) is 17.8. The van der Waals surface area contributed by atoms with E-state index in [1.54, 1.807) is 24.3 Å². The van der Waals surface area contributed by atoms with Gasteiger partial charge in [0.1, 0.15) is 5.75 Å². The Morgan fingerprint density at radius 3 is 2.31 bits per heavy atom. The zero-order chi connectivity index (χ0) is 18.4.